The van der Waals surface area contributed by atoms with Crippen LogP contribution in [0, 0.1) is 0 Å². The number of esters is 2. The molecule has 0 aromatic heterocycles. The number of hydrogen-bond acceptors (Lipinski definition) is 5. The van der Waals surface area contributed by atoms with Gasteiger partial charge in [-0.05, 0) is 42.2 Å². The Morgan fingerprint density at radius 2 is 1.91 bits per heavy atom. The molecule has 0 unspecified atom stereocenters. The normalized spacial score (nSPS) is 10.2. The highest BCUT2D eigenvalue weighted by atomic mass is 35.5. The molecule has 0 aliphatic rings. The first-order chi connectivity index (χ1) is 11.0. The van der Waals surface area contributed by atoms with Crippen LogP contribution < -0.4 is 0 Å². The number of methoxy groups -OCH3 is 1. The van der Waals surface area contributed by atoms with Gasteiger partial charge < -0.3 is 9.47 Å². The fraction of sp³-hybridized carbons (Fsp3) is 0.176. The van der Waals surface area contributed by atoms with Crippen molar-refractivity contribution in [1.82, 2.24) is 0 Å². The van der Waals surface area contributed by atoms with E-state index >= 15 is 0 Å². The van der Waals surface area contributed by atoms with Crippen LogP contribution in [-0.2, 0) is 16.1 Å². The van der Waals surface area contributed by atoms with Crippen LogP contribution in [-0.4, -0.2) is 25.3 Å². The van der Waals surface area contributed by atoms with Crippen molar-refractivity contribution in [3.05, 3.63) is 64.2 Å². The SMILES string of the molecule is COC(=O)c1cccc(COC(=O)c2cc(SC)ccc2Cl)c1. The molecule has 0 atom stereocenters. The number of carbonyl (C=O) groups excluding carboxylic acids is 2. The summed E-state index contributed by atoms with van der Waals surface area (Å²) < 4.78 is 9.94. The van der Waals surface area contributed by atoms with E-state index in [4.69, 9.17) is 16.3 Å². The number of rotatable bonds is 5. The Morgan fingerprint density at radius 1 is 1.13 bits per heavy atom. The summed E-state index contributed by atoms with van der Waals surface area (Å²) in [6.45, 7) is 0.0451. The van der Waals surface area contributed by atoms with Crippen molar-refractivity contribution in [2.24, 2.45) is 0 Å². The number of hydrogen-bond donors (Lipinski definition) is 0. The summed E-state index contributed by atoms with van der Waals surface area (Å²) >= 11 is 7.56. The van der Waals surface area contributed by atoms with Gasteiger partial charge in [0.25, 0.3) is 0 Å². The molecule has 2 aromatic rings. The van der Waals surface area contributed by atoms with Crippen molar-refractivity contribution in [2.45, 2.75) is 11.5 Å². The number of benzene rings is 2. The summed E-state index contributed by atoms with van der Waals surface area (Å²) in [6, 6.07) is 11.9. The lowest BCUT2D eigenvalue weighted by molar-refractivity contribution is 0.0472. The van der Waals surface area contributed by atoms with E-state index in [1.165, 1.54) is 18.9 Å². The standard InChI is InChI=1S/C17H15ClO4S/c1-21-16(19)12-5-3-4-11(8-12)10-22-17(20)14-9-13(23-2)6-7-15(14)18/h3-9H,10H2,1-2H3. The van der Waals surface area contributed by atoms with Gasteiger partial charge >= 0.3 is 11.9 Å². The molecule has 6 heteroatoms. The van der Waals surface area contributed by atoms with Crippen molar-refractivity contribution in [3.8, 4) is 0 Å². The van der Waals surface area contributed by atoms with Gasteiger partial charge in [-0.2, -0.15) is 0 Å². The molecule has 0 aliphatic carbocycles. The van der Waals surface area contributed by atoms with Crippen LogP contribution in [0.25, 0.3) is 0 Å². The maximum absolute atomic E-state index is 12.2. The van der Waals surface area contributed by atoms with E-state index in [1.54, 1.807) is 36.4 Å². The third-order valence-electron chi connectivity index (χ3n) is 3.11. The van der Waals surface area contributed by atoms with Crippen LogP contribution >= 0.6 is 23.4 Å². The smallest absolute Gasteiger partial charge is 0.340 e. The molecular weight excluding hydrogens is 336 g/mol. The first-order valence-corrected chi connectivity index (χ1v) is 8.33. The molecule has 0 heterocycles. The molecule has 2 rings (SSSR count). The maximum Gasteiger partial charge on any atom is 0.340 e. The average Bonchev–Trinajstić information content (AvgIpc) is 2.59. The molecule has 0 saturated carbocycles. The van der Waals surface area contributed by atoms with Gasteiger partial charge in [0.15, 0.2) is 0 Å². The van der Waals surface area contributed by atoms with Crippen molar-refractivity contribution in [1.29, 1.82) is 0 Å². The maximum atomic E-state index is 12.2. The number of thioether (sulfide) groups is 1. The zero-order valence-electron chi connectivity index (χ0n) is 12.7. The van der Waals surface area contributed by atoms with Gasteiger partial charge in [0.2, 0.25) is 0 Å². The zero-order valence-corrected chi connectivity index (χ0v) is 14.2. The third-order valence-corrected chi connectivity index (χ3v) is 4.17. The van der Waals surface area contributed by atoms with Crippen molar-refractivity contribution >= 4 is 35.3 Å². The fourth-order valence-electron chi connectivity index (χ4n) is 1.92. The quantitative estimate of drug-likeness (QED) is 0.597. The molecule has 0 saturated heterocycles. The lowest BCUT2D eigenvalue weighted by Crippen LogP contribution is -2.07. The van der Waals surface area contributed by atoms with Gasteiger partial charge in [0.05, 0.1) is 23.3 Å². The van der Waals surface area contributed by atoms with Gasteiger partial charge in [-0.1, -0.05) is 23.7 Å². The highest BCUT2D eigenvalue weighted by molar-refractivity contribution is 7.98. The van der Waals surface area contributed by atoms with Crippen LogP contribution in [0.3, 0.4) is 0 Å². The topological polar surface area (TPSA) is 52.6 Å². The lowest BCUT2D eigenvalue weighted by Gasteiger charge is -2.08. The minimum absolute atomic E-state index is 0.0451. The van der Waals surface area contributed by atoms with E-state index in [1.807, 2.05) is 12.3 Å². The summed E-state index contributed by atoms with van der Waals surface area (Å²) in [5.41, 5.74) is 1.42. The lowest BCUT2D eigenvalue weighted by atomic mass is 10.1. The molecular formula is C17H15ClO4S. The van der Waals surface area contributed by atoms with Crippen molar-refractivity contribution in [2.75, 3.05) is 13.4 Å². The van der Waals surface area contributed by atoms with E-state index in [0.717, 1.165) is 4.90 Å². The van der Waals surface area contributed by atoms with E-state index in [9.17, 15) is 9.59 Å². The fourth-order valence-corrected chi connectivity index (χ4v) is 2.55. The van der Waals surface area contributed by atoms with E-state index in [2.05, 4.69) is 4.74 Å². The van der Waals surface area contributed by atoms with Crippen molar-refractivity contribution in [3.63, 3.8) is 0 Å². The molecule has 0 aliphatic heterocycles. The highest BCUT2D eigenvalue weighted by Crippen LogP contribution is 2.24. The second kappa shape index (κ2) is 8.04. The molecule has 23 heavy (non-hydrogen) atoms. The summed E-state index contributed by atoms with van der Waals surface area (Å²) in [7, 11) is 1.32. The predicted molar refractivity (Wildman–Crippen MR) is 90.1 cm³/mol. The van der Waals surface area contributed by atoms with Crippen LogP contribution in [0.15, 0.2) is 47.4 Å². The molecule has 0 radical (unpaired) electrons. The molecule has 120 valence electrons. The molecule has 0 N–H and O–H groups in total. The Kier molecular flexibility index (Phi) is 6.07. The molecule has 2 aromatic carbocycles. The van der Waals surface area contributed by atoms with Crippen LogP contribution in [0.1, 0.15) is 26.3 Å². The van der Waals surface area contributed by atoms with Gasteiger partial charge in [-0.3, -0.25) is 0 Å². The Bertz CT molecular complexity index is 730. The summed E-state index contributed by atoms with van der Waals surface area (Å²) in [5, 5.41) is 0.344. The highest BCUT2D eigenvalue weighted by Gasteiger charge is 2.13. The Balaban J connectivity index is 2.09. The third kappa shape index (κ3) is 4.50. The summed E-state index contributed by atoms with van der Waals surface area (Å²) in [5.74, 6) is -0.941. The number of carbonyl (C=O) groups is 2. The number of halogens is 1. The van der Waals surface area contributed by atoms with E-state index in [-0.39, 0.29) is 6.61 Å². The van der Waals surface area contributed by atoms with Crippen LogP contribution in [0.4, 0.5) is 0 Å². The minimum atomic E-state index is -0.505. The van der Waals surface area contributed by atoms with Gasteiger partial charge in [-0.25, -0.2) is 9.59 Å². The Hall–Kier alpha value is -1.98. The Labute approximate surface area is 143 Å². The minimum Gasteiger partial charge on any atom is -0.465 e. The molecule has 0 fully saturated rings. The predicted octanol–water partition coefficient (Wildman–Crippen LogP) is 4.21. The Morgan fingerprint density at radius 3 is 2.61 bits per heavy atom. The van der Waals surface area contributed by atoms with E-state index < -0.39 is 11.9 Å². The van der Waals surface area contributed by atoms with Gasteiger partial charge in [-0.15, -0.1) is 11.8 Å². The number of ether oxygens (including phenoxy) is 2. The van der Waals surface area contributed by atoms with Crippen LogP contribution in [0.2, 0.25) is 5.02 Å². The first kappa shape index (κ1) is 17.4. The second-order valence-corrected chi connectivity index (χ2v) is 5.90. The van der Waals surface area contributed by atoms with Crippen LogP contribution in [0.5, 0.6) is 0 Å². The molecule has 0 spiro atoms. The van der Waals surface area contributed by atoms with Crippen molar-refractivity contribution < 1.29 is 19.1 Å². The molecule has 0 amide bonds. The average molecular weight is 351 g/mol. The van der Waals surface area contributed by atoms with E-state index in [0.29, 0.717) is 21.7 Å². The first-order valence-electron chi connectivity index (χ1n) is 6.73. The summed E-state index contributed by atoms with van der Waals surface area (Å²) in [6.07, 6.45) is 1.91. The monoisotopic (exact) mass is 350 g/mol. The second-order valence-electron chi connectivity index (χ2n) is 4.61. The largest absolute Gasteiger partial charge is 0.465 e. The molecule has 4 nitrogen and oxygen atoms in total. The zero-order chi connectivity index (χ0) is 16.8. The van der Waals surface area contributed by atoms with Gasteiger partial charge in [0.1, 0.15) is 6.61 Å². The van der Waals surface area contributed by atoms with Gasteiger partial charge in [0, 0.05) is 4.90 Å². The molecule has 0 bridgehead atoms. The summed E-state index contributed by atoms with van der Waals surface area (Å²) in [4.78, 5) is 24.6.